The molecule has 2 atom stereocenters. The van der Waals surface area contributed by atoms with Gasteiger partial charge in [0.15, 0.2) is 0 Å². The first-order chi connectivity index (χ1) is 10.3. The van der Waals surface area contributed by atoms with Crippen molar-refractivity contribution in [1.82, 2.24) is 15.5 Å². The smallest absolute Gasteiger partial charge is 0.237 e. The number of likely N-dealkylation sites (tertiary alicyclic amines) is 1. The van der Waals surface area contributed by atoms with Gasteiger partial charge in [-0.15, -0.1) is 0 Å². The van der Waals surface area contributed by atoms with Crippen molar-refractivity contribution in [2.24, 2.45) is 0 Å². The molecule has 1 aromatic carbocycles. The van der Waals surface area contributed by atoms with Crippen LogP contribution in [0.25, 0.3) is 0 Å². The Labute approximate surface area is 126 Å². The van der Waals surface area contributed by atoms with E-state index in [1.165, 1.54) is 12.0 Å². The van der Waals surface area contributed by atoms with Crippen LogP contribution in [0.3, 0.4) is 0 Å². The summed E-state index contributed by atoms with van der Waals surface area (Å²) in [4.78, 5) is 14.7. The first kappa shape index (κ1) is 14.5. The van der Waals surface area contributed by atoms with Gasteiger partial charge in [0.05, 0.1) is 6.04 Å². The largest absolute Gasteiger partial charge is 0.351 e. The number of piperidine rings is 1. The fourth-order valence-corrected chi connectivity index (χ4v) is 3.31. The summed E-state index contributed by atoms with van der Waals surface area (Å²) < 4.78 is 0. The third-order valence-electron chi connectivity index (χ3n) is 4.49. The quantitative estimate of drug-likeness (QED) is 0.882. The molecule has 2 fully saturated rings. The van der Waals surface area contributed by atoms with Crippen molar-refractivity contribution in [3.05, 3.63) is 35.9 Å². The number of hydrogen-bond acceptors (Lipinski definition) is 3. The molecule has 2 aliphatic rings. The minimum atomic E-state index is 0.0296. The van der Waals surface area contributed by atoms with E-state index in [1.54, 1.807) is 0 Å². The molecule has 114 valence electrons. The molecule has 2 N–H and O–H groups in total. The molecule has 1 unspecified atom stereocenters. The van der Waals surface area contributed by atoms with Gasteiger partial charge in [-0.2, -0.15) is 0 Å². The highest BCUT2D eigenvalue weighted by Gasteiger charge is 2.27. The molecule has 0 aromatic heterocycles. The third-order valence-corrected chi connectivity index (χ3v) is 4.49. The van der Waals surface area contributed by atoms with E-state index >= 15 is 0 Å². The molecule has 3 rings (SSSR count). The van der Waals surface area contributed by atoms with Crippen LogP contribution in [0, 0.1) is 0 Å². The molecule has 0 spiro atoms. The Morgan fingerprint density at radius 3 is 2.86 bits per heavy atom. The summed E-state index contributed by atoms with van der Waals surface area (Å²) >= 11 is 0. The van der Waals surface area contributed by atoms with Crippen molar-refractivity contribution in [2.45, 2.75) is 44.3 Å². The fraction of sp³-hybridized carbons (Fsp3) is 0.588. The van der Waals surface area contributed by atoms with Crippen LogP contribution in [0.5, 0.6) is 0 Å². The summed E-state index contributed by atoms with van der Waals surface area (Å²) in [5.74, 6) is 0.196. The summed E-state index contributed by atoms with van der Waals surface area (Å²) in [6, 6.07) is 10.9. The SMILES string of the molecule is O=C(NC1CCN(Cc2ccccc2)C1)[C@H]1CCCCN1. The van der Waals surface area contributed by atoms with Crippen molar-refractivity contribution in [3.8, 4) is 0 Å². The van der Waals surface area contributed by atoms with E-state index in [2.05, 4.69) is 39.8 Å². The van der Waals surface area contributed by atoms with Gasteiger partial charge in [0.1, 0.15) is 0 Å². The number of carbonyl (C=O) groups excluding carboxylic acids is 1. The van der Waals surface area contributed by atoms with Gasteiger partial charge in [-0.1, -0.05) is 36.8 Å². The molecule has 2 aliphatic heterocycles. The minimum absolute atomic E-state index is 0.0296. The number of nitrogens with zero attached hydrogens (tertiary/aromatic N) is 1. The molecular weight excluding hydrogens is 262 g/mol. The maximum atomic E-state index is 12.2. The van der Waals surface area contributed by atoms with Gasteiger partial charge in [-0.3, -0.25) is 9.69 Å². The fourth-order valence-electron chi connectivity index (χ4n) is 3.31. The average molecular weight is 287 g/mol. The van der Waals surface area contributed by atoms with Crippen molar-refractivity contribution in [3.63, 3.8) is 0 Å². The number of hydrogen-bond donors (Lipinski definition) is 2. The molecule has 0 aliphatic carbocycles. The lowest BCUT2D eigenvalue weighted by molar-refractivity contribution is -0.124. The second-order valence-corrected chi connectivity index (χ2v) is 6.22. The van der Waals surface area contributed by atoms with E-state index < -0.39 is 0 Å². The molecule has 1 amide bonds. The van der Waals surface area contributed by atoms with Crippen LogP contribution in [0.1, 0.15) is 31.2 Å². The van der Waals surface area contributed by atoms with Crippen LogP contribution >= 0.6 is 0 Å². The lowest BCUT2D eigenvalue weighted by Crippen LogP contribution is -2.50. The molecule has 2 saturated heterocycles. The summed E-state index contributed by atoms with van der Waals surface area (Å²) in [6.45, 7) is 3.99. The third kappa shape index (κ3) is 4.05. The monoisotopic (exact) mass is 287 g/mol. The molecule has 0 bridgehead atoms. The highest BCUT2D eigenvalue weighted by atomic mass is 16.2. The Hall–Kier alpha value is -1.39. The highest BCUT2D eigenvalue weighted by Crippen LogP contribution is 2.14. The second-order valence-electron chi connectivity index (χ2n) is 6.22. The Morgan fingerprint density at radius 1 is 1.24 bits per heavy atom. The molecule has 0 saturated carbocycles. The molecule has 21 heavy (non-hydrogen) atoms. The van der Waals surface area contributed by atoms with Crippen LogP contribution < -0.4 is 10.6 Å². The number of amides is 1. The lowest BCUT2D eigenvalue weighted by atomic mass is 10.0. The van der Waals surface area contributed by atoms with E-state index in [4.69, 9.17) is 0 Å². The van der Waals surface area contributed by atoms with Crippen molar-refractivity contribution >= 4 is 5.91 Å². The molecule has 4 nitrogen and oxygen atoms in total. The van der Waals surface area contributed by atoms with Gasteiger partial charge in [0, 0.05) is 25.7 Å². The normalized spacial score (nSPS) is 26.7. The predicted molar refractivity (Wildman–Crippen MR) is 83.9 cm³/mol. The van der Waals surface area contributed by atoms with Crippen LogP contribution in [0.2, 0.25) is 0 Å². The van der Waals surface area contributed by atoms with Gasteiger partial charge in [0.2, 0.25) is 5.91 Å². The zero-order valence-electron chi connectivity index (χ0n) is 12.6. The van der Waals surface area contributed by atoms with Gasteiger partial charge < -0.3 is 10.6 Å². The maximum absolute atomic E-state index is 12.2. The molecule has 0 radical (unpaired) electrons. The van der Waals surface area contributed by atoms with Gasteiger partial charge in [0.25, 0.3) is 0 Å². The highest BCUT2D eigenvalue weighted by molar-refractivity contribution is 5.82. The number of benzene rings is 1. The zero-order valence-corrected chi connectivity index (χ0v) is 12.6. The molecular formula is C17H25N3O. The van der Waals surface area contributed by atoms with E-state index in [0.717, 1.165) is 45.4 Å². The van der Waals surface area contributed by atoms with Crippen LogP contribution in [0.15, 0.2) is 30.3 Å². The topological polar surface area (TPSA) is 44.4 Å². The van der Waals surface area contributed by atoms with E-state index in [0.29, 0.717) is 6.04 Å². The Morgan fingerprint density at radius 2 is 2.10 bits per heavy atom. The Bertz CT molecular complexity index is 456. The Kier molecular flexibility index (Phi) is 4.88. The first-order valence-corrected chi connectivity index (χ1v) is 8.11. The van der Waals surface area contributed by atoms with Crippen LogP contribution in [0.4, 0.5) is 0 Å². The van der Waals surface area contributed by atoms with E-state index in [1.807, 2.05) is 6.07 Å². The summed E-state index contributed by atoms with van der Waals surface area (Å²) in [5.41, 5.74) is 1.35. The molecule has 2 heterocycles. The average Bonchev–Trinajstić information content (AvgIpc) is 2.96. The van der Waals surface area contributed by atoms with E-state index in [9.17, 15) is 4.79 Å². The van der Waals surface area contributed by atoms with E-state index in [-0.39, 0.29) is 11.9 Å². The van der Waals surface area contributed by atoms with Gasteiger partial charge in [-0.25, -0.2) is 0 Å². The number of rotatable bonds is 4. The van der Waals surface area contributed by atoms with Gasteiger partial charge in [-0.05, 0) is 31.4 Å². The van der Waals surface area contributed by atoms with Crippen molar-refractivity contribution in [2.75, 3.05) is 19.6 Å². The standard InChI is InChI=1S/C17H25N3O/c21-17(16-8-4-5-10-18-16)19-15-9-11-20(13-15)12-14-6-2-1-3-7-14/h1-3,6-7,15-16,18H,4-5,8-13H2,(H,19,21)/t15?,16-/m1/s1. The second kappa shape index (κ2) is 7.05. The first-order valence-electron chi connectivity index (χ1n) is 8.11. The molecule has 4 heteroatoms. The summed E-state index contributed by atoms with van der Waals surface area (Å²) in [5, 5.41) is 6.54. The lowest BCUT2D eigenvalue weighted by Gasteiger charge is -2.24. The molecule has 1 aromatic rings. The van der Waals surface area contributed by atoms with Crippen LogP contribution in [-0.4, -0.2) is 42.5 Å². The van der Waals surface area contributed by atoms with Crippen molar-refractivity contribution in [1.29, 1.82) is 0 Å². The maximum Gasteiger partial charge on any atom is 0.237 e. The summed E-state index contributed by atoms with van der Waals surface area (Å²) in [6.07, 6.45) is 4.39. The van der Waals surface area contributed by atoms with Crippen molar-refractivity contribution < 1.29 is 4.79 Å². The zero-order chi connectivity index (χ0) is 14.5. The minimum Gasteiger partial charge on any atom is -0.351 e. The van der Waals surface area contributed by atoms with Crippen LogP contribution in [-0.2, 0) is 11.3 Å². The van der Waals surface area contributed by atoms with Gasteiger partial charge >= 0.3 is 0 Å². The Balaban J connectivity index is 1.45. The predicted octanol–water partition coefficient (Wildman–Crippen LogP) is 1.52. The number of carbonyl (C=O) groups is 1. The summed E-state index contributed by atoms with van der Waals surface area (Å²) in [7, 11) is 0. The number of nitrogens with one attached hydrogen (secondary N) is 2.